The van der Waals surface area contributed by atoms with E-state index in [0.717, 1.165) is 38.4 Å². The minimum absolute atomic E-state index is 0.103. The summed E-state index contributed by atoms with van der Waals surface area (Å²) in [6.45, 7) is 1.43. The first-order valence-electron chi connectivity index (χ1n) is 8.10. The van der Waals surface area contributed by atoms with E-state index in [9.17, 15) is 14.4 Å². The van der Waals surface area contributed by atoms with Gasteiger partial charge in [-0.25, -0.2) is 9.59 Å². The Labute approximate surface area is 146 Å². The van der Waals surface area contributed by atoms with Crippen molar-refractivity contribution in [1.29, 1.82) is 0 Å². The maximum Gasteiger partial charge on any atom is 0.354 e. The Kier molecular flexibility index (Phi) is 6.56. The number of nitrogens with zero attached hydrogens (tertiary/aromatic N) is 1. The number of benzene rings is 1. The van der Waals surface area contributed by atoms with Crippen LogP contribution in [0.4, 0.5) is 5.69 Å². The van der Waals surface area contributed by atoms with Crippen LogP contribution in [0.3, 0.4) is 0 Å². The summed E-state index contributed by atoms with van der Waals surface area (Å²) in [5.74, 6) is -1.54. The van der Waals surface area contributed by atoms with Gasteiger partial charge in [-0.1, -0.05) is 12.1 Å². The van der Waals surface area contributed by atoms with Crippen molar-refractivity contribution in [2.75, 3.05) is 32.6 Å². The predicted octanol–water partition coefficient (Wildman–Crippen LogP) is 1.95. The molecule has 1 aromatic rings. The quantitative estimate of drug-likeness (QED) is 0.648. The van der Waals surface area contributed by atoms with Gasteiger partial charge < -0.3 is 19.7 Å². The Morgan fingerprint density at radius 1 is 1.04 bits per heavy atom. The van der Waals surface area contributed by atoms with Crippen molar-refractivity contribution in [2.45, 2.75) is 19.3 Å². The third kappa shape index (κ3) is 4.82. The summed E-state index contributed by atoms with van der Waals surface area (Å²) < 4.78 is 9.22. The number of hydrogen-bond acceptors (Lipinski definition) is 6. The first kappa shape index (κ1) is 18.5. The molecule has 2 rings (SSSR count). The highest BCUT2D eigenvalue weighted by molar-refractivity contribution is 6.03. The number of piperidine rings is 1. The number of carbonyl (C=O) groups excluding carboxylic acids is 3. The highest BCUT2D eigenvalue weighted by atomic mass is 16.5. The molecule has 1 heterocycles. The largest absolute Gasteiger partial charge is 0.466 e. The van der Waals surface area contributed by atoms with Crippen molar-refractivity contribution in [3.05, 3.63) is 41.6 Å². The van der Waals surface area contributed by atoms with Crippen LogP contribution in [0.1, 0.15) is 29.6 Å². The van der Waals surface area contributed by atoms with E-state index in [2.05, 4.69) is 14.8 Å². The second-order valence-electron chi connectivity index (χ2n) is 5.60. The van der Waals surface area contributed by atoms with Crippen LogP contribution in [0.2, 0.25) is 0 Å². The van der Waals surface area contributed by atoms with E-state index in [4.69, 9.17) is 0 Å². The van der Waals surface area contributed by atoms with Crippen LogP contribution < -0.4 is 5.32 Å². The van der Waals surface area contributed by atoms with E-state index in [1.807, 2.05) is 0 Å². The molecule has 0 aromatic heterocycles. The van der Waals surface area contributed by atoms with Crippen LogP contribution >= 0.6 is 0 Å². The fraction of sp³-hybridized carbons (Fsp3) is 0.389. The molecule has 1 amide bonds. The number of para-hydroxylation sites is 1. The van der Waals surface area contributed by atoms with Crippen LogP contribution in [-0.2, 0) is 19.1 Å². The maximum atomic E-state index is 12.8. The van der Waals surface area contributed by atoms with Crippen LogP contribution in [-0.4, -0.2) is 50.1 Å². The molecule has 1 fully saturated rings. The fourth-order valence-corrected chi connectivity index (χ4v) is 2.62. The number of amides is 1. The molecule has 134 valence electrons. The molecule has 7 nitrogen and oxygen atoms in total. The van der Waals surface area contributed by atoms with Gasteiger partial charge in [0.05, 0.1) is 31.5 Å². The minimum atomic E-state index is -0.731. The smallest absolute Gasteiger partial charge is 0.354 e. The Morgan fingerprint density at radius 3 is 2.36 bits per heavy atom. The number of esters is 2. The average Bonchev–Trinajstić information content (AvgIpc) is 2.67. The lowest BCUT2D eigenvalue weighted by Gasteiger charge is -2.27. The summed E-state index contributed by atoms with van der Waals surface area (Å²) in [5.41, 5.74) is 0.760. The van der Waals surface area contributed by atoms with Gasteiger partial charge in [-0.2, -0.15) is 0 Å². The molecule has 1 aromatic carbocycles. The zero-order valence-corrected chi connectivity index (χ0v) is 14.4. The van der Waals surface area contributed by atoms with E-state index in [1.54, 1.807) is 29.2 Å². The summed E-state index contributed by atoms with van der Waals surface area (Å²) in [7, 11) is 2.42. The second-order valence-corrected chi connectivity index (χ2v) is 5.60. The van der Waals surface area contributed by atoms with Gasteiger partial charge in [-0.3, -0.25) is 4.79 Å². The second kappa shape index (κ2) is 8.86. The Bertz CT molecular complexity index is 678. The van der Waals surface area contributed by atoms with E-state index in [-0.39, 0.29) is 11.6 Å². The monoisotopic (exact) mass is 346 g/mol. The summed E-state index contributed by atoms with van der Waals surface area (Å²) in [6.07, 6.45) is 4.08. The Hall–Kier alpha value is -2.83. The lowest BCUT2D eigenvalue weighted by molar-refractivity contribution is -0.138. The molecule has 1 saturated heterocycles. The van der Waals surface area contributed by atoms with Crippen LogP contribution in [0, 0.1) is 0 Å². The number of rotatable bonds is 5. The number of likely N-dealkylation sites (tertiary alicyclic amines) is 1. The van der Waals surface area contributed by atoms with Crippen molar-refractivity contribution < 1.29 is 23.9 Å². The molecule has 7 heteroatoms. The van der Waals surface area contributed by atoms with Crippen LogP contribution in [0.25, 0.3) is 0 Å². The standard InChI is InChI=1S/C18H22N2O5/c1-24-16(21)12-15(18(23)25-2)19-14-9-5-4-8-13(14)17(22)20-10-6-3-7-11-20/h4-5,8-9,12,19H,3,6-7,10-11H2,1-2H3/b15-12+. The van der Waals surface area contributed by atoms with Crippen molar-refractivity contribution in [2.24, 2.45) is 0 Å². The highest BCUT2D eigenvalue weighted by Crippen LogP contribution is 2.21. The lowest BCUT2D eigenvalue weighted by Crippen LogP contribution is -2.36. The van der Waals surface area contributed by atoms with Gasteiger partial charge in [0.15, 0.2) is 0 Å². The van der Waals surface area contributed by atoms with Gasteiger partial charge in [0.1, 0.15) is 5.70 Å². The number of ether oxygens (including phenoxy) is 2. The lowest BCUT2D eigenvalue weighted by atomic mass is 10.1. The topological polar surface area (TPSA) is 84.9 Å². The molecule has 0 atom stereocenters. The molecule has 25 heavy (non-hydrogen) atoms. The predicted molar refractivity (Wildman–Crippen MR) is 91.9 cm³/mol. The third-order valence-electron chi connectivity index (χ3n) is 3.94. The van der Waals surface area contributed by atoms with Crippen LogP contribution in [0.5, 0.6) is 0 Å². The van der Waals surface area contributed by atoms with Gasteiger partial charge in [-0.05, 0) is 31.4 Å². The molecule has 1 aliphatic heterocycles. The number of carbonyl (C=O) groups is 3. The number of methoxy groups -OCH3 is 2. The summed E-state index contributed by atoms with van der Waals surface area (Å²) in [4.78, 5) is 37.9. The first-order valence-corrected chi connectivity index (χ1v) is 8.10. The molecule has 1 N–H and O–H groups in total. The van der Waals surface area contributed by atoms with Crippen molar-refractivity contribution in [3.8, 4) is 0 Å². The molecule has 0 unspecified atom stereocenters. The zero-order valence-electron chi connectivity index (χ0n) is 14.4. The molecule has 0 spiro atoms. The molecule has 0 bridgehead atoms. The maximum absolute atomic E-state index is 12.8. The van der Waals surface area contributed by atoms with Crippen LogP contribution in [0.15, 0.2) is 36.0 Å². The normalized spacial score (nSPS) is 14.6. The van der Waals surface area contributed by atoms with Crippen molar-refractivity contribution in [3.63, 3.8) is 0 Å². The summed E-state index contributed by atoms with van der Waals surface area (Å²) in [6, 6.07) is 6.85. The molecule has 0 aliphatic carbocycles. The van der Waals surface area contributed by atoms with Gasteiger partial charge in [-0.15, -0.1) is 0 Å². The molecule has 0 radical (unpaired) electrons. The molecule has 1 aliphatic rings. The number of hydrogen-bond donors (Lipinski definition) is 1. The Morgan fingerprint density at radius 2 is 1.72 bits per heavy atom. The van der Waals surface area contributed by atoms with E-state index in [0.29, 0.717) is 11.3 Å². The van der Waals surface area contributed by atoms with Gasteiger partial charge >= 0.3 is 11.9 Å². The number of nitrogens with one attached hydrogen (secondary N) is 1. The first-order chi connectivity index (χ1) is 12.1. The zero-order chi connectivity index (χ0) is 18.2. The average molecular weight is 346 g/mol. The summed E-state index contributed by atoms with van der Waals surface area (Å²) in [5, 5.41) is 2.82. The molecular formula is C18H22N2O5. The highest BCUT2D eigenvalue weighted by Gasteiger charge is 2.22. The van der Waals surface area contributed by atoms with Crippen molar-refractivity contribution >= 4 is 23.5 Å². The van der Waals surface area contributed by atoms with Gasteiger partial charge in [0.2, 0.25) is 0 Å². The van der Waals surface area contributed by atoms with E-state index < -0.39 is 11.9 Å². The SMILES string of the molecule is COC(=O)/C=C(/Nc1ccccc1C(=O)N1CCCCC1)C(=O)OC. The third-order valence-corrected chi connectivity index (χ3v) is 3.94. The summed E-state index contributed by atoms with van der Waals surface area (Å²) >= 11 is 0. The molecule has 0 saturated carbocycles. The van der Waals surface area contributed by atoms with E-state index >= 15 is 0 Å². The fourth-order valence-electron chi connectivity index (χ4n) is 2.62. The number of anilines is 1. The van der Waals surface area contributed by atoms with Gasteiger partial charge in [0, 0.05) is 13.1 Å². The molecular weight excluding hydrogens is 324 g/mol. The Balaban J connectivity index is 2.29. The van der Waals surface area contributed by atoms with Gasteiger partial charge in [0.25, 0.3) is 5.91 Å². The van der Waals surface area contributed by atoms with E-state index in [1.165, 1.54) is 14.2 Å². The van der Waals surface area contributed by atoms with Crippen molar-refractivity contribution in [1.82, 2.24) is 4.90 Å². The minimum Gasteiger partial charge on any atom is -0.466 e.